The summed E-state index contributed by atoms with van der Waals surface area (Å²) in [6.07, 6.45) is 3.05. The zero-order valence-corrected chi connectivity index (χ0v) is 10.9. The van der Waals surface area contributed by atoms with Crippen LogP contribution in [0.1, 0.15) is 26.7 Å². The summed E-state index contributed by atoms with van der Waals surface area (Å²) in [5.74, 6) is 1.55. The first kappa shape index (κ1) is 12.3. The van der Waals surface area contributed by atoms with E-state index in [2.05, 4.69) is 24.1 Å². The Balaban J connectivity index is 1.81. The summed E-state index contributed by atoms with van der Waals surface area (Å²) < 4.78 is 5.56. The van der Waals surface area contributed by atoms with Crippen LogP contribution in [0.2, 0.25) is 0 Å². The van der Waals surface area contributed by atoms with Gasteiger partial charge in [-0.25, -0.2) is 0 Å². The molecule has 1 N–H and O–H groups in total. The van der Waals surface area contributed by atoms with Crippen molar-refractivity contribution in [1.82, 2.24) is 10.2 Å². The molecule has 94 valence electrons. The minimum atomic E-state index is 0.436. The van der Waals surface area contributed by atoms with Crippen molar-refractivity contribution in [2.75, 3.05) is 33.3 Å². The van der Waals surface area contributed by atoms with Gasteiger partial charge in [-0.15, -0.1) is 0 Å². The summed E-state index contributed by atoms with van der Waals surface area (Å²) in [5.41, 5.74) is 0. The fraction of sp³-hybridized carbons (Fsp3) is 1.00. The van der Waals surface area contributed by atoms with Gasteiger partial charge in [0.1, 0.15) is 0 Å². The summed E-state index contributed by atoms with van der Waals surface area (Å²) in [6.45, 7) is 9.43. The van der Waals surface area contributed by atoms with Gasteiger partial charge in [0.15, 0.2) is 0 Å². The summed E-state index contributed by atoms with van der Waals surface area (Å²) in [4.78, 5) is 2.58. The van der Waals surface area contributed by atoms with Gasteiger partial charge in [-0.2, -0.15) is 0 Å². The lowest BCUT2D eigenvalue weighted by molar-refractivity contribution is -0.00791. The molecular weight excluding hydrogens is 200 g/mol. The van der Waals surface area contributed by atoms with E-state index >= 15 is 0 Å². The monoisotopic (exact) mass is 226 g/mol. The predicted octanol–water partition coefficient (Wildman–Crippen LogP) is 1.34. The maximum Gasteiger partial charge on any atom is 0.0724 e. The Hall–Kier alpha value is -0.120. The Morgan fingerprint density at radius 1 is 1.25 bits per heavy atom. The maximum absolute atomic E-state index is 5.56. The highest BCUT2D eigenvalue weighted by molar-refractivity contribution is 4.86. The van der Waals surface area contributed by atoms with Crippen LogP contribution in [0.4, 0.5) is 0 Å². The van der Waals surface area contributed by atoms with Gasteiger partial charge in [0.2, 0.25) is 0 Å². The Morgan fingerprint density at radius 2 is 2.06 bits per heavy atom. The molecule has 2 saturated heterocycles. The minimum absolute atomic E-state index is 0.436. The lowest BCUT2D eigenvalue weighted by atomic mass is 9.94. The molecule has 3 heteroatoms. The van der Waals surface area contributed by atoms with Crippen LogP contribution < -0.4 is 5.32 Å². The lowest BCUT2D eigenvalue weighted by Gasteiger charge is -2.37. The molecule has 0 spiro atoms. The molecule has 0 aliphatic carbocycles. The minimum Gasteiger partial charge on any atom is -0.380 e. The van der Waals surface area contributed by atoms with E-state index in [1.807, 2.05) is 7.11 Å². The zero-order valence-electron chi connectivity index (χ0n) is 10.9. The highest BCUT2D eigenvalue weighted by Crippen LogP contribution is 2.22. The van der Waals surface area contributed by atoms with E-state index in [1.165, 1.54) is 32.5 Å². The molecule has 0 radical (unpaired) electrons. The molecule has 0 saturated carbocycles. The van der Waals surface area contributed by atoms with Crippen molar-refractivity contribution in [2.24, 2.45) is 11.8 Å². The molecule has 0 aromatic rings. The third kappa shape index (κ3) is 2.76. The highest BCUT2D eigenvalue weighted by Gasteiger charge is 2.30. The average molecular weight is 226 g/mol. The second kappa shape index (κ2) is 5.48. The van der Waals surface area contributed by atoms with E-state index in [0.717, 1.165) is 18.4 Å². The van der Waals surface area contributed by atoms with Crippen molar-refractivity contribution < 1.29 is 4.74 Å². The fourth-order valence-corrected chi connectivity index (χ4v) is 2.99. The van der Waals surface area contributed by atoms with E-state index in [4.69, 9.17) is 4.74 Å². The zero-order chi connectivity index (χ0) is 11.5. The molecule has 2 heterocycles. The smallest absolute Gasteiger partial charge is 0.0724 e. The van der Waals surface area contributed by atoms with Crippen LogP contribution in [0.25, 0.3) is 0 Å². The first-order valence-electron chi connectivity index (χ1n) is 6.69. The van der Waals surface area contributed by atoms with Crippen molar-refractivity contribution in [1.29, 1.82) is 0 Å². The Morgan fingerprint density at radius 3 is 2.69 bits per heavy atom. The van der Waals surface area contributed by atoms with Crippen LogP contribution in [-0.2, 0) is 4.74 Å². The molecule has 2 aliphatic heterocycles. The molecule has 2 rings (SSSR count). The third-order valence-corrected chi connectivity index (χ3v) is 4.42. The molecule has 2 aliphatic rings. The number of rotatable bonds is 3. The van der Waals surface area contributed by atoms with Crippen molar-refractivity contribution in [3.8, 4) is 0 Å². The SMILES string of the molecule is COC1CN(CC2NCCC2C)CCC1C. The van der Waals surface area contributed by atoms with Crippen LogP contribution >= 0.6 is 0 Å². The normalized spacial score (nSPS) is 41.4. The second-order valence-electron chi connectivity index (χ2n) is 5.63. The summed E-state index contributed by atoms with van der Waals surface area (Å²) >= 11 is 0. The van der Waals surface area contributed by atoms with Crippen molar-refractivity contribution in [3.63, 3.8) is 0 Å². The van der Waals surface area contributed by atoms with Gasteiger partial charge in [0, 0.05) is 26.2 Å². The molecule has 4 atom stereocenters. The fourth-order valence-electron chi connectivity index (χ4n) is 2.99. The standard InChI is InChI=1S/C13H26N2O/c1-10-4-6-14-12(10)8-15-7-5-11(2)13(9-15)16-3/h10-14H,4-9H2,1-3H3. The number of hydrogen-bond donors (Lipinski definition) is 1. The number of ether oxygens (including phenoxy) is 1. The second-order valence-corrected chi connectivity index (χ2v) is 5.63. The van der Waals surface area contributed by atoms with Crippen LogP contribution in [0.3, 0.4) is 0 Å². The molecule has 0 bridgehead atoms. The van der Waals surface area contributed by atoms with Gasteiger partial charge in [-0.3, -0.25) is 4.90 Å². The van der Waals surface area contributed by atoms with Gasteiger partial charge in [0.25, 0.3) is 0 Å². The molecule has 3 nitrogen and oxygen atoms in total. The van der Waals surface area contributed by atoms with E-state index < -0.39 is 0 Å². The van der Waals surface area contributed by atoms with E-state index in [-0.39, 0.29) is 0 Å². The first-order chi connectivity index (χ1) is 7.70. The Kier molecular flexibility index (Phi) is 4.22. The quantitative estimate of drug-likeness (QED) is 0.786. The molecule has 0 aromatic carbocycles. The Bertz CT molecular complexity index is 222. The van der Waals surface area contributed by atoms with Gasteiger partial charge in [-0.1, -0.05) is 13.8 Å². The number of hydrogen-bond acceptors (Lipinski definition) is 3. The van der Waals surface area contributed by atoms with Crippen LogP contribution in [0.15, 0.2) is 0 Å². The van der Waals surface area contributed by atoms with E-state index in [0.29, 0.717) is 12.1 Å². The molecule has 2 fully saturated rings. The van der Waals surface area contributed by atoms with Crippen molar-refractivity contribution in [2.45, 2.75) is 38.8 Å². The van der Waals surface area contributed by atoms with Crippen LogP contribution in [-0.4, -0.2) is 50.3 Å². The molecule has 0 aromatic heterocycles. The molecule has 0 amide bonds. The van der Waals surface area contributed by atoms with Crippen molar-refractivity contribution >= 4 is 0 Å². The van der Waals surface area contributed by atoms with Crippen LogP contribution in [0.5, 0.6) is 0 Å². The van der Waals surface area contributed by atoms with Gasteiger partial charge in [0.05, 0.1) is 6.10 Å². The predicted molar refractivity (Wildman–Crippen MR) is 66.6 cm³/mol. The number of piperidine rings is 1. The maximum atomic E-state index is 5.56. The van der Waals surface area contributed by atoms with Gasteiger partial charge >= 0.3 is 0 Å². The average Bonchev–Trinajstić information content (AvgIpc) is 2.67. The number of nitrogens with zero attached hydrogens (tertiary/aromatic N) is 1. The van der Waals surface area contributed by atoms with Crippen molar-refractivity contribution in [3.05, 3.63) is 0 Å². The third-order valence-electron chi connectivity index (χ3n) is 4.42. The topological polar surface area (TPSA) is 24.5 Å². The lowest BCUT2D eigenvalue weighted by Crippen LogP contribution is -2.49. The number of likely N-dealkylation sites (tertiary alicyclic amines) is 1. The summed E-state index contributed by atoms with van der Waals surface area (Å²) in [7, 11) is 1.85. The molecule has 4 unspecified atom stereocenters. The molecule has 16 heavy (non-hydrogen) atoms. The van der Waals surface area contributed by atoms with E-state index in [9.17, 15) is 0 Å². The van der Waals surface area contributed by atoms with Gasteiger partial charge in [-0.05, 0) is 37.8 Å². The number of methoxy groups -OCH3 is 1. The van der Waals surface area contributed by atoms with Crippen LogP contribution in [0, 0.1) is 11.8 Å². The van der Waals surface area contributed by atoms with Gasteiger partial charge < -0.3 is 10.1 Å². The Labute approximate surface area is 99.5 Å². The first-order valence-corrected chi connectivity index (χ1v) is 6.69. The summed E-state index contributed by atoms with van der Waals surface area (Å²) in [6, 6.07) is 0.700. The number of nitrogens with one attached hydrogen (secondary N) is 1. The summed E-state index contributed by atoms with van der Waals surface area (Å²) in [5, 5.41) is 3.62. The van der Waals surface area contributed by atoms with E-state index in [1.54, 1.807) is 0 Å². The molecular formula is C13H26N2O. The highest BCUT2D eigenvalue weighted by atomic mass is 16.5. The largest absolute Gasteiger partial charge is 0.380 e.